The molecule has 0 atom stereocenters. The fourth-order valence-electron chi connectivity index (χ4n) is 3.24. The summed E-state index contributed by atoms with van der Waals surface area (Å²) in [4.78, 5) is 29.3. The van der Waals surface area contributed by atoms with Crippen molar-refractivity contribution in [3.63, 3.8) is 0 Å². The molecule has 0 N–H and O–H groups in total. The molecular formula is C22H18N2O3S. The van der Waals surface area contributed by atoms with Gasteiger partial charge in [-0.05, 0) is 34.5 Å². The molecule has 0 unspecified atom stereocenters. The Balaban J connectivity index is 1.69. The minimum atomic E-state index is -0.386. The number of thiazole rings is 1. The Hall–Kier alpha value is -3.25. The monoisotopic (exact) mass is 390 g/mol. The van der Waals surface area contributed by atoms with Crippen LogP contribution in [0.25, 0.3) is 21.0 Å². The number of aryl methyl sites for hydroxylation is 1. The van der Waals surface area contributed by atoms with Crippen molar-refractivity contribution >= 4 is 44.2 Å². The average molecular weight is 390 g/mol. The summed E-state index contributed by atoms with van der Waals surface area (Å²) in [6, 6.07) is 19.3. The van der Waals surface area contributed by atoms with E-state index in [1.807, 2.05) is 60.1 Å². The Morgan fingerprint density at radius 3 is 2.68 bits per heavy atom. The van der Waals surface area contributed by atoms with Crippen LogP contribution in [0.3, 0.4) is 0 Å². The number of carbonyl (C=O) groups excluding carboxylic acids is 2. The average Bonchev–Trinajstić information content (AvgIpc) is 3.02. The number of fused-ring (bicyclic) bond motifs is 2. The summed E-state index contributed by atoms with van der Waals surface area (Å²) in [6.45, 7) is 0. The molecule has 0 aliphatic carbocycles. The van der Waals surface area contributed by atoms with Gasteiger partial charge in [0.25, 0.3) is 5.91 Å². The lowest BCUT2D eigenvalue weighted by atomic mass is 10.0. The van der Waals surface area contributed by atoms with E-state index in [1.54, 1.807) is 12.1 Å². The van der Waals surface area contributed by atoms with E-state index in [9.17, 15) is 9.59 Å². The number of methoxy groups -OCH3 is 1. The number of esters is 1. The molecule has 0 saturated carbocycles. The molecule has 1 aromatic heterocycles. The number of aromatic nitrogens is 1. The molecule has 1 amide bonds. The molecule has 140 valence electrons. The summed E-state index contributed by atoms with van der Waals surface area (Å²) in [7, 11) is 3.22. The zero-order chi connectivity index (χ0) is 19.7. The molecule has 4 rings (SSSR count). The number of benzene rings is 3. The zero-order valence-electron chi connectivity index (χ0n) is 15.5. The molecule has 4 aromatic rings. The number of rotatable bonds is 3. The number of nitrogens with zero attached hydrogens (tertiary/aromatic N) is 2. The number of amides is 1. The van der Waals surface area contributed by atoms with Gasteiger partial charge in [-0.3, -0.25) is 4.79 Å². The maximum atomic E-state index is 12.6. The van der Waals surface area contributed by atoms with Crippen LogP contribution in [0, 0.1) is 0 Å². The molecule has 0 saturated heterocycles. The van der Waals surface area contributed by atoms with Crippen molar-refractivity contribution in [2.45, 2.75) is 6.42 Å². The molecule has 0 aliphatic heterocycles. The van der Waals surface area contributed by atoms with E-state index in [1.165, 1.54) is 18.4 Å². The van der Waals surface area contributed by atoms with Gasteiger partial charge in [0.2, 0.25) is 0 Å². The van der Waals surface area contributed by atoms with Gasteiger partial charge >= 0.3 is 5.97 Å². The van der Waals surface area contributed by atoms with Crippen LogP contribution in [0.1, 0.15) is 15.9 Å². The SMILES string of the molecule is COC(=O)c1ccc2c(c1)sc(=NC(=O)Cc1cccc3ccccc13)n2C. The van der Waals surface area contributed by atoms with Crippen molar-refractivity contribution in [3.05, 3.63) is 76.6 Å². The highest BCUT2D eigenvalue weighted by molar-refractivity contribution is 7.16. The maximum Gasteiger partial charge on any atom is 0.337 e. The van der Waals surface area contributed by atoms with E-state index >= 15 is 0 Å². The van der Waals surface area contributed by atoms with Gasteiger partial charge in [0.1, 0.15) is 0 Å². The van der Waals surface area contributed by atoms with E-state index in [-0.39, 0.29) is 18.3 Å². The molecule has 0 bridgehead atoms. The van der Waals surface area contributed by atoms with Gasteiger partial charge in [-0.25, -0.2) is 4.79 Å². The highest BCUT2D eigenvalue weighted by Gasteiger charge is 2.11. The quantitative estimate of drug-likeness (QED) is 0.499. The topological polar surface area (TPSA) is 60.7 Å². The van der Waals surface area contributed by atoms with E-state index in [4.69, 9.17) is 4.74 Å². The summed E-state index contributed by atoms with van der Waals surface area (Å²) in [5.41, 5.74) is 2.35. The number of ether oxygens (including phenoxy) is 1. The molecular weight excluding hydrogens is 372 g/mol. The first-order valence-electron chi connectivity index (χ1n) is 8.79. The Labute approximate surface area is 165 Å². The second kappa shape index (κ2) is 7.40. The minimum absolute atomic E-state index is 0.202. The predicted molar refractivity (Wildman–Crippen MR) is 110 cm³/mol. The fourth-order valence-corrected chi connectivity index (χ4v) is 4.32. The largest absolute Gasteiger partial charge is 0.465 e. The lowest BCUT2D eigenvalue weighted by Gasteiger charge is -2.04. The molecule has 0 radical (unpaired) electrons. The summed E-state index contributed by atoms with van der Waals surface area (Å²) in [6.07, 6.45) is 0.239. The van der Waals surface area contributed by atoms with Crippen molar-refractivity contribution in [3.8, 4) is 0 Å². The van der Waals surface area contributed by atoms with Gasteiger partial charge in [0.05, 0.1) is 29.3 Å². The molecule has 0 aliphatic rings. The third-order valence-corrected chi connectivity index (χ3v) is 5.77. The Bertz CT molecular complexity index is 1280. The maximum absolute atomic E-state index is 12.6. The molecule has 1 heterocycles. The van der Waals surface area contributed by atoms with E-state index in [0.717, 1.165) is 26.6 Å². The number of hydrogen-bond donors (Lipinski definition) is 0. The molecule has 0 fully saturated rings. The van der Waals surface area contributed by atoms with Crippen LogP contribution < -0.4 is 4.80 Å². The summed E-state index contributed by atoms with van der Waals surface area (Å²) in [5.74, 6) is -0.588. The molecule has 6 heteroatoms. The van der Waals surface area contributed by atoms with E-state index < -0.39 is 0 Å². The first-order valence-corrected chi connectivity index (χ1v) is 9.60. The number of carbonyl (C=O) groups is 2. The van der Waals surface area contributed by atoms with Gasteiger partial charge < -0.3 is 9.30 Å². The van der Waals surface area contributed by atoms with Crippen LogP contribution in [-0.4, -0.2) is 23.6 Å². The second-order valence-electron chi connectivity index (χ2n) is 6.44. The molecule has 3 aromatic carbocycles. The minimum Gasteiger partial charge on any atom is -0.465 e. The van der Waals surface area contributed by atoms with Crippen molar-refractivity contribution in [1.29, 1.82) is 0 Å². The van der Waals surface area contributed by atoms with Crippen LogP contribution in [0.4, 0.5) is 0 Å². The Kier molecular flexibility index (Phi) is 4.79. The van der Waals surface area contributed by atoms with Gasteiger partial charge in [-0.15, -0.1) is 0 Å². The summed E-state index contributed by atoms with van der Waals surface area (Å²) in [5, 5.41) is 2.17. The van der Waals surface area contributed by atoms with Crippen molar-refractivity contribution in [2.75, 3.05) is 7.11 Å². The third kappa shape index (κ3) is 3.34. The van der Waals surface area contributed by atoms with Crippen molar-refractivity contribution in [2.24, 2.45) is 12.0 Å². The fraction of sp³-hybridized carbons (Fsp3) is 0.136. The van der Waals surface area contributed by atoms with Crippen LogP contribution in [0.15, 0.2) is 65.7 Å². The summed E-state index contributed by atoms with van der Waals surface area (Å²) < 4.78 is 7.51. The first kappa shape index (κ1) is 18.1. The van der Waals surface area contributed by atoms with Crippen LogP contribution in [-0.2, 0) is 23.0 Å². The first-order chi connectivity index (χ1) is 13.6. The van der Waals surface area contributed by atoms with Gasteiger partial charge in [-0.1, -0.05) is 53.8 Å². The smallest absolute Gasteiger partial charge is 0.337 e. The Morgan fingerprint density at radius 2 is 1.86 bits per heavy atom. The lowest BCUT2D eigenvalue weighted by molar-refractivity contribution is -0.117. The van der Waals surface area contributed by atoms with E-state index in [2.05, 4.69) is 4.99 Å². The van der Waals surface area contributed by atoms with E-state index in [0.29, 0.717) is 10.4 Å². The van der Waals surface area contributed by atoms with Crippen molar-refractivity contribution < 1.29 is 14.3 Å². The standard InChI is InChI=1S/C22H18N2O3S/c1-24-18-11-10-16(21(26)27-2)12-19(18)28-22(24)23-20(25)13-15-8-5-7-14-6-3-4-9-17(14)15/h3-12H,13H2,1-2H3. The predicted octanol–water partition coefficient (Wildman–Crippen LogP) is 3.85. The van der Waals surface area contributed by atoms with Crippen molar-refractivity contribution in [1.82, 2.24) is 4.57 Å². The zero-order valence-corrected chi connectivity index (χ0v) is 16.3. The van der Waals surface area contributed by atoms with Gasteiger partial charge in [-0.2, -0.15) is 4.99 Å². The summed E-state index contributed by atoms with van der Waals surface area (Å²) >= 11 is 1.38. The van der Waals surface area contributed by atoms with Crippen LogP contribution in [0.2, 0.25) is 0 Å². The molecule has 28 heavy (non-hydrogen) atoms. The number of hydrogen-bond acceptors (Lipinski definition) is 4. The van der Waals surface area contributed by atoms with Crippen LogP contribution in [0.5, 0.6) is 0 Å². The highest BCUT2D eigenvalue weighted by Crippen LogP contribution is 2.20. The van der Waals surface area contributed by atoms with Gasteiger partial charge in [0.15, 0.2) is 4.80 Å². The highest BCUT2D eigenvalue weighted by atomic mass is 32.1. The van der Waals surface area contributed by atoms with Crippen LogP contribution >= 0.6 is 11.3 Å². The lowest BCUT2D eigenvalue weighted by Crippen LogP contribution is -2.14. The normalized spacial score (nSPS) is 11.9. The molecule has 5 nitrogen and oxygen atoms in total. The third-order valence-electron chi connectivity index (χ3n) is 4.67. The molecule has 0 spiro atoms. The second-order valence-corrected chi connectivity index (χ2v) is 7.45. The Morgan fingerprint density at radius 1 is 1.07 bits per heavy atom. The van der Waals surface area contributed by atoms with Gasteiger partial charge in [0, 0.05) is 7.05 Å².